The summed E-state index contributed by atoms with van der Waals surface area (Å²) in [6.07, 6.45) is 9.74. The van der Waals surface area contributed by atoms with Gasteiger partial charge in [0, 0.05) is 29.5 Å². The molecule has 1 saturated carbocycles. The summed E-state index contributed by atoms with van der Waals surface area (Å²) in [5, 5.41) is 8.23. The molecule has 90 valence electrons. The van der Waals surface area contributed by atoms with Gasteiger partial charge in [-0.2, -0.15) is 5.10 Å². The fourth-order valence-corrected chi connectivity index (χ4v) is 2.64. The van der Waals surface area contributed by atoms with E-state index in [9.17, 15) is 0 Å². The van der Waals surface area contributed by atoms with Crippen LogP contribution in [0.1, 0.15) is 30.7 Å². The minimum atomic E-state index is 0.720. The highest BCUT2D eigenvalue weighted by atomic mass is 15.1. The third-order valence-corrected chi connectivity index (χ3v) is 3.92. The van der Waals surface area contributed by atoms with Crippen molar-refractivity contribution in [2.24, 2.45) is 0 Å². The number of nitrogens with one attached hydrogen (secondary N) is 2. The molecule has 4 nitrogen and oxygen atoms in total. The van der Waals surface area contributed by atoms with Crippen molar-refractivity contribution in [2.45, 2.75) is 25.2 Å². The molecule has 3 aromatic heterocycles. The molecular formula is C14H14N4. The van der Waals surface area contributed by atoms with Gasteiger partial charge in [-0.05, 0) is 36.5 Å². The van der Waals surface area contributed by atoms with Gasteiger partial charge in [-0.15, -0.1) is 0 Å². The largest absolute Gasteiger partial charge is 0.346 e. The summed E-state index contributed by atoms with van der Waals surface area (Å²) in [5.41, 5.74) is 4.52. The van der Waals surface area contributed by atoms with Crippen molar-refractivity contribution in [1.82, 2.24) is 20.2 Å². The minimum Gasteiger partial charge on any atom is -0.346 e. The van der Waals surface area contributed by atoms with Crippen LogP contribution in [0.2, 0.25) is 0 Å². The number of fused-ring (bicyclic) bond motifs is 1. The second-order valence-corrected chi connectivity index (χ2v) is 4.96. The monoisotopic (exact) mass is 238 g/mol. The fourth-order valence-electron chi connectivity index (χ4n) is 2.64. The van der Waals surface area contributed by atoms with Crippen molar-refractivity contribution in [3.63, 3.8) is 0 Å². The Bertz CT molecular complexity index is 677. The van der Waals surface area contributed by atoms with Crippen LogP contribution in [0.3, 0.4) is 0 Å². The molecule has 0 amide bonds. The fraction of sp³-hybridized carbons (Fsp3) is 0.286. The first-order chi connectivity index (χ1) is 8.92. The van der Waals surface area contributed by atoms with E-state index >= 15 is 0 Å². The molecule has 3 aromatic rings. The molecule has 0 atom stereocenters. The topological polar surface area (TPSA) is 57.4 Å². The lowest BCUT2D eigenvalue weighted by molar-refractivity contribution is 0.422. The molecule has 0 unspecified atom stereocenters. The summed E-state index contributed by atoms with van der Waals surface area (Å²) >= 11 is 0. The molecule has 1 aliphatic carbocycles. The van der Waals surface area contributed by atoms with Crippen molar-refractivity contribution < 1.29 is 0 Å². The highest BCUT2D eigenvalue weighted by molar-refractivity contribution is 5.84. The number of aromatic amines is 2. The van der Waals surface area contributed by atoms with Gasteiger partial charge in [0.2, 0.25) is 0 Å². The van der Waals surface area contributed by atoms with Crippen LogP contribution in [-0.2, 0) is 0 Å². The molecule has 0 spiro atoms. The van der Waals surface area contributed by atoms with Gasteiger partial charge in [-0.1, -0.05) is 6.42 Å². The first-order valence-corrected chi connectivity index (χ1v) is 6.38. The molecule has 0 saturated heterocycles. The Morgan fingerprint density at radius 1 is 1.28 bits per heavy atom. The zero-order valence-electron chi connectivity index (χ0n) is 9.98. The second kappa shape index (κ2) is 3.70. The number of rotatable bonds is 2. The van der Waals surface area contributed by atoms with Gasteiger partial charge >= 0.3 is 0 Å². The standard InChI is InChI=1S/C14H14N4/c1-2-9(3-1)12-8-16-14-11(12)6-10(7-15-14)13-4-5-17-18-13/h4-9H,1-3H2,(H,15,16)(H,17,18). The number of H-pyrrole nitrogens is 2. The average Bonchev–Trinajstić information content (AvgIpc) is 2.96. The normalized spacial score (nSPS) is 16.0. The summed E-state index contributed by atoms with van der Waals surface area (Å²) in [5.74, 6) is 0.720. The first-order valence-electron chi connectivity index (χ1n) is 6.38. The number of pyridine rings is 1. The molecule has 0 bridgehead atoms. The molecule has 4 rings (SSSR count). The Labute approximate surface area is 104 Å². The highest BCUT2D eigenvalue weighted by Gasteiger charge is 2.22. The molecule has 0 aliphatic heterocycles. The maximum Gasteiger partial charge on any atom is 0.137 e. The Kier molecular flexibility index (Phi) is 2.03. The minimum absolute atomic E-state index is 0.720. The van der Waals surface area contributed by atoms with Gasteiger partial charge in [-0.25, -0.2) is 4.98 Å². The Balaban J connectivity index is 1.87. The van der Waals surface area contributed by atoms with Crippen molar-refractivity contribution in [3.8, 4) is 11.3 Å². The van der Waals surface area contributed by atoms with Crippen LogP contribution < -0.4 is 0 Å². The number of hydrogen-bond donors (Lipinski definition) is 2. The van der Waals surface area contributed by atoms with Crippen LogP contribution in [0.5, 0.6) is 0 Å². The SMILES string of the molecule is c1cc(-c2cnc3[nH]cc(C4CCC4)c3c2)[nH]n1. The van der Waals surface area contributed by atoms with Crippen molar-refractivity contribution >= 4 is 11.0 Å². The highest BCUT2D eigenvalue weighted by Crippen LogP contribution is 2.39. The lowest BCUT2D eigenvalue weighted by atomic mass is 9.80. The van der Waals surface area contributed by atoms with Crippen molar-refractivity contribution in [1.29, 1.82) is 0 Å². The van der Waals surface area contributed by atoms with Gasteiger partial charge in [0.25, 0.3) is 0 Å². The van der Waals surface area contributed by atoms with E-state index in [1.165, 1.54) is 30.2 Å². The summed E-state index contributed by atoms with van der Waals surface area (Å²) in [7, 11) is 0. The van der Waals surface area contributed by atoms with Gasteiger partial charge in [0.15, 0.2) is 0 Å². The number of nitrogens with zero attached hydrogens (tertiary/aromatic N) is 2. The molecule has 1 fully saturated rings. The Morgan fingerprint density at radius 3 is 2.94 bits per heavy atom. The van der Waals surface area contributed by atoms with E-state index in [0.717, 1.165) is 22.8 Å². The third kappa shape index (κ3) is 1.38. The molecular weight excluding hydrogens is 224 g/mol. The van der Waals surface area contributed by atoms with Crippen molar-refractivity contribution in [3.05, 3.63) is 36.3 Å². The van der Waals surface area contributed by atoms with E-state index in [2.05, 4.69) is 32.4 Å². The predicted molar refractivity (Wildman–Crippen MR) is 70.3 cm³/mol. The van der Waals surface area contributed by atoms with E-state index < -0.39 is 0 Å². The Hall–Kier alpha value is -2.10. The molecule has 0 radical (unpaired) electrons. The van der Waals surface area contributed by atoms with Gasteiger partial charge in [0.1, 0.15) is 5.65 Å². The Morgan fingerprint density at radius 2 is 2.22 bits per heavy atom. The van der Waals surface area contributed by atoms with Crippen LogP contribution in [-0.4, -0.2) is 20.2 Å². The molecule has 4 heteroatoms. The quantitative estimate of drug-likeness (QED) is 0.720. The van der Waals surface area contributed by atoms with Gasteiger partial charge in [-0.3, -0.25) is 5.10 Å². The third-order valence-electron chi connectivity index (χ3n) is 3.92. The zero-order chi connectivity index (χ0) is 11.9. The smallest absolute Gasteiger partial charge is 0.137 e. The van der Waals surface area contributed by atoms with Gasteiger partial charge in [0.05, 0.1) is 5.69 Å². The van der Waals surface area contributed by atoms with E-state index in [1.807, 2.05) is 12.3 Å². The molecule has 0 aromatic carbocycles. The second-order valence-electron chi connectivity index (χ2n) is 4.96. The number of hydrogen-bond acceptors (Lipinski definition) is 2. The summed E-state index contributed by atoms with van der Waals surface area (Å²) < 4.78 is 0. The summed E-state index contributed by atoms with van der Waals surface area (Å²) in [4.78, 5) is 7.77. The molecule has 3 heterocycles. The molecule has 2 N–H and O–H groups in total. The van der Waals surface area contributed by atoms with Crippen LogP contribution in [0.4, 0.5) is 0 Å². The number of aromatic nitrogens is 4. The maximum absolute atomic E-state index is 4.50. The van der Waals surface area contributed by atoms with Crippen LogP contribution >= 0.6 is 0 Å². The summed E-state index contributed by atoms with van der Waals surface area (Å²) in [6, 6.07) is 4.18. The molecule has 1 aliphatic rings. The summed E-state index contributed by atoms with van der Waals surface area (Å²) in [6.45, 7) is 0. The van der Waals surface area contributed by atoms with E-state index in [-0.39, 0.29) is 0 Å². The van der Waals surface area contributed by atoms with Crippen LogP contribution in [0, 0.1) is 0 Å². The van der Waals surface area contributed by atoms with Gasteiger partial charge < -0.3 is 4.98 Å². The van der Waals surface area contributed by atoms with Crippen LogP contribution in [0.25, 0.3) is 22.3 Å². The van der Waals surface area contributed by atoms with E-state index in [1.54, 1.807) is 6.20 Å². The van der Waals surface area contributed by atoms with Crippen molar-refractivity contribution in [2.75, 3.05) is 0 Å². The molecule has 18 heavy (non-hydrogen) atoms. The first kappa shape index (κ1) is 9.88. The van der Waals surface area contributed by atoms with Crippen LogP contribution in [0.15, 0.2) is 30.7 Å². The zero-order valence-corrected chi connectivity index (χ0v) is 9.98. The lowest BCUT2D eigenvalue weighted by Gasteiger charge is -2.24. The lowest BCUT2D eigenvalue weighted by Crippen LogP contribution is -2.07. The van der Waals surface area contributed by atoms with E-state index in [4.69, 9.17) is 0 Å². The average molecular weight is 238 g/mol. The predicted octanol–water partition coefficient (Wildman–Crippen LogP) is 3.22. The maximum atomic E-state index is 4.50. The van der Waals surface area contributed by atoms with E-state index in [0.29, 0.717) is 0 Å².